The average Bonchev–Trinajstić information content (AvgIpc) is 3.23. The van der Waals surface area contributed by atoms with Crippen molar-refractivity contribution in [3.8, 4) is 0 Å². The number of aromatic nitrogens is 2. The summed E-state index contributed by atoms with van der Waals surface area (Å²) in [5.74, 6) is 0.844. The van der Waals surface area contributed by atoms with Crippen LogP contribution < -0.4 is 0 Å². The number of H-pyrrole nitrogens is 1. The van der Waals surface area contributed by atoms with Gasteiger partial charge in [-0.3, -0.25) is 9.59 Å². The maximum Gasteiger partial charge on any atom is 0.313 e. The van der Waals surface area contributed by atoms with E-state index < -0.39 is 11.4 Å². The predicted molar refractivity (Wildman–Crippen MR) is 124 cm³/mol. The standard InChI is InChI=1S/C24H29N3O2.CH2O2/c1-24(2,23(28)29)19-9-7-17(8-10-19)11-14-27-15-12-18(13-16-27)22-25-20-5-3-4-6-21(20)26-22;2-1-3/h3-10,18H,11-16H2,1-2H3,(H,25,26)(H,28,29);1H,(H,2,3). The minimum Gasteiger partial charge on any atom is -0.483 e. The lowest BCUT2D eigenvalue weighted by Crippen LogP contribution is -2.34. The van der Waals surface area contributed by atoms with Crippen LogP contribution in [0.15, 0.2) is 48.5 Å². The highest BCUT2D eigenvalue weighted by Crippen LogP contribution is 2.28. The van der Waals surface area contributed by atoms with Crippen LogP contribution in [0.2, 0.25) is 0 Å². The topological polar surface area (TPSA) is 107 Å². The number of hydrogen-bond donors (Lipinski definition) is 3. The molecule has 2 aromatic carbocycles. The predicted octanol–water partition coefficient (Wildman–Crippen LogP) is 4.05. The Morgan fingerprint density at radius 2 is 1.78 bits per heavy atom. The fourth-order valence-electron chi connectivity index (χ4n) is 4.09. The maximum atomic E-state index is 11.4. The quantitative estimate of drug-likeness (QED) is 0.503. The molecule has 7 nitrogen and oxygen atoms in total. The highest BCUT2D eigenvalue weighted by atomic mass is 16.4. The summed E-state index contributed by atoms with van der Waals surface area (Å²) in [6.45, 7) is 6.46. The van der Waals surface area contributed by atoms with Crippen LogP contribution in [0.5, 0.6) is 0 Å². The molecule has 3 N–H and O–H groups in total. The van der Waals surface area contributed by atoms with Crippen molar-refractivity contribution in [1.82, 2.24) is 14.9 Å². The number of aromatic amines is 1. The minimum atomic E-state index is -0.850. The molecule has 1 saturated heterocycles. The van der Waals surface area contributed by atoms with Crippen LogP contribution in [0.4, 0.5) is 0 Å². The number of benzene rings is 2. The lowest BCUT2D eigenvalue weighted by molar-refractivity contribution is -0.142. The molecule has 1 fully saturated rings. The zero-order chi connectivity index (χ0) is 23.1. The number of nitrogens with zero attached hydrogens (tertiary/aromatic N) is 2. The first kappa shape index (κ1) is 23.5. The zero-order valence-corrected chi connectivity index (χ0v) is 18.6. The number of fused-ring (bicyclic) bond motifs is 1. The molecular weight excluding hydrogens is 406 g/mol. The van der Waals surface area contributed by atoms with Gasteiger partial charge in [0.05, 0.1) is 16.4 Å². The summed E-state index contributed by atoms with van der Waals surface area (Å²) in [5, 5.41) is 16.3. The molecule has 170 valence electrons. The number of likely N-dealkylation sites (tertiary alicyclic amines) is 1. The number of carboxylic acid groups (broad SMARTS) is 2. The van der Waals surface area contributed by atoms with Crippen LogP contribution >= 0.6 is 0 Å². The molecule has 32 heavy (non-hydrogen) atoms. The van der Waals surface area contributed by atoms with Gasteiger partial charge in [-0.15, -0.1) is 0 Å². The van der Waals surface area contributed by atoms with E-state index in [0.29, 0.717) is 5.92 Å². The molecule has 0 amide bonds. The Morgan fingerprint density at radius 1 is 1.16 bits per heavy atom. The van der Waals surface area contributed by atoms with Crippen molar-refractivity contribution in [2.24, 2.45) is 0 Å². The minimum absolute atomic E-state index is 0.250. The molecular formula is C25H31N3O4. The van der Waals surface area contributed by atoms with Gasteiger partial charge in [0.2, 0.25) is 0 Å². The monoisotopic (exact) mass is 437 g/mol. The van der Waals surface area contributed by atoms with Crippen LogP contribution in [-0.4, -0.2) is 57.2 Å². The number of imidazole rings is 1. The summed E-state index contributed by atoms with van der Waals surface area (Å²) in [6.07, 6.45) is 3.25. The summed E-state index contributed by atoms with van der Waals surface area (Å²) in [4.78, 5) is 30.6. The normalized spacial score (nSPS) is 15.2. The first-order valence-electron chi connectivity index (χ1n) is 10.9. The van der Waals surface area contributed by atoms with E-state index in [4.69, 9.17) is 14.9 Å². The lowest BCUT2D eigenvalue weighted by Gasteiger charge is -2.31. The number of hydrogen-bond acceptors (Lipinski definition) is 4. The van der Waals surface area contributed by atoms with Gasteiger partial charge in [0.1, 0.15) is 5.82 Å². The Labute approximate surface area is 188 Å². The maximum absolute atomic E-state index is 11.4. The lowest BCUT2D eigenvalue weighted by atomic mass is 9.84. The molecule has 0 aliphatic carbocycles. The third-order valence-electron chi connectivity index (χ3n) is 6.31. The third-order valence-corrected chi connectivity index (χ3v) is 6.31. The van der Waals surface area contributed by atoms with E-state index in [9.17, 15) is 9.90 Å². The van der Waals surface area contributed by atoms with E-state index in [1.807, 2.05) is 24.3 Å². The van der Waals surface area contributed by atoms with Crippen molar-refractivity contribution in [1.29, 1.82) is 0 Å². The first-order chi connectivity index (χ1) is 15.3. The average molecular weight is 438 g/mol. The molecule has 1 aliphatic rings. The van der Waals surface area contributed by atoms with E-state index >= 15 is 0 Å². The van der Waals surface area contributed by atoms with Gasteiger partial charge in [-0.2, -0.15) is 0 Å². The summed E-state index contributed by atoms with van der Waals surface area (Å²) in [7, 11) is 0. The SMILES string of the molecule is CC(C)(C(=O)O)c1ccc(CCN2CCC(c3nc4ccccc4[nH]3)CC2)cc1.O=CO. The van der Waals surface area contributed by atoms with Crippen LogP contribution in [-0.2, 0) is 21.4 Å². The molecule has 0 atom stereocenters. The second kappa shape index (κ2) is 10.4. The summed E-state index contributed by atoms with van der Waals surface area (Å²) in [5.41, 5.74) is 3.44. The number of carboxylic acids is 1. The molecule has 3 aromatic rings. The Hall–Kier alpha value is -3.19. The van der Waals surface area contributed by atoms with E-state index in [-0.39, 0.29) is 6.47 Å². The molecule has 1 aromatic heterocycles. The summed E-state index contributed by atoms with van der Waals surface area (Å²) in [6, 6.07) is 16.3. The first-order valence-corrected chi connectivity index (χ1v) is 10.9. The summed E-state index contributed by atoms with van der Waals surface area (Å²) >= 11 is 0. The van der Waals surface area contributed by atoms with Crippen molar-refractivity contribution < 1.29 is 19.8 Å². The van der Waals surface area contributed by atoms with Crippen LogP contribution in [0.25, 0.3) is 11.0 Å². The number of rotatable bonds is 6. The van der Waals surface area contributed by atoms with Crippen molar-refractivity contribution in [3.05, 3.63) is 65.5 Å². The second-order valence-corrected chi connectivity index (χ2v) is 8.74. The van der Waals surface area contributed by atoms with Gasteiger partial charge in [-0.1, -0.05) is 36.4 Å². The zero-order valence-electron chi connectivity index (χ0n) is 18.6. The molecule has 2 heterocycles. The molecule has 7 heteroatoms. The van der Waals surface area contributed by atoms with E-state index in [1.54, 1.807) is 13.8 Å². The number of para-hydroxylation sites is 2. The van der Waals surface area contributed by atoms with E-state index in [1.165, 1.54) is 5.56 Å². The largest absolute Gasteiger partial charge is 0.483 e. The van der Waals surface area contributed by atoms with Crippen LogP contribution in [0, 0.1) is 0 Å². The molecule has 0 radical (unpaired) electrons. The number of carbonyl (C=O) groups is 2. The highest BCUT2D eigenvalue weighted by molar-refractivity contribution is 5.80. The van der Waals surface area contributed by atoms with Gasteiger partial charge in [0, 0.05) is 12.5 Å². The van der Waals surface area contributed by atoms with Gasteiger partial charge in [-0.05, 0) is 69.5 Å². The van der Waals surface area contributed by atoms with Gasteiger partial charge in [-0.25, -0.2) is 4.98 Å². The van der Waals surface area contributed by atoms with Crippen molar-refractivity contribution in [2.45, 2.75) is 44.4 Å². The Balaban J connectivity index is 0.000000913. The fraction of sp³-hybridized carbons (Fsp3) is 0.400. The Kier molecular flexibility index (Phi) is 7.64. The second-order valence-electron chi connectivity index (χ2n) is 8.74. The molecule has 0 spiro atoms. The Bertz CT molecular complexity index is 1000. The van der Waals surface area contributed by atoms with Gasteiger partial charge >= 0.3 is 5.97 Å². The van der Waals surface area contributed by atoms with Gasteiger partial charge in [0.15, 0.2) is 0 Å². The molecule has 0 unspecified atom stereocenters. The molecule has 0 bridgehead atoms. The third kappa shape index (κ3) is 5.53. The van der Waals surface area contributed by atoms with Crippen molar-refractivity contribution in [3.63, 3.8) is 0 Å². The van der Waals surface area contributed by atoms with Crippen molar-refractivity contribution >= 4 is 23.5 Å². The number of aliphatic carboxylic acids is 1. The smallest absolute Gasteiger partial charge is 0.313 e. The van der Waals surface area contributed by atoms with E-state index in [0.717, 1.165) is 61.3 Å². The van der Waals surface area contributed by atoms with E-state index in [2.05, 4.69) is 34.1 Å². The summed E-state index contributed by atoms with van der Waals surface area (Å²) < 4.78 is 0. The van der Waals surface area contributed by atoms with Crippen LogP contribution in [0.1, 0.15) is 49.6 Å². The fourth-order valence-corrected chi connectivity index (χ4v) is 4.09. The number of piperidine rings is 1. The molecule has 4 rings (SSSR count). The Morgan fingerprint density at radius 3 is 2.38 bits per heavy atom. The van der Waals surface area contributed by atoms with Gasteiger partial charge in [0.25, 0.3) is 6.47 Å². The highest BCUT2D eigenvalue weighted by Gasteiger charge is 2.29. The number of nitrogens with one attached hydrogen (secondary N) is 1. The molecule has 1 aliphatic heterocycles. The van der Waals surface area contributed by atoms with Gasteiger partial charge < -0.3 is 20.1 Å². The van der Waals surface area contributed by atoms with Crippen LogP contribution in [0.3, 0.4) is 0 Å². The molecule has 0 saturated carbocycles. The van der Waals surface area contributed by atoms with Crippen molar-refractivity contribution in [2.75, 3.05) is 19.6 Å².